The molecular weight excluding hydrogens is 220 g/mol. The van der Waals surface area contributed by atoms with E-state index in [9.17, 15) is 8.42 Å². The molecule has 3 heteroatoms. The average Bonchev–Trinajstić information content (AvgIpc) is 2.14. The van der Waals surface area contributed by atoms with Crippen molar-refractivity contribution in [2.75, 3.05) is 6.26 Å². The summed E-state index contributed by atoms with van der Waals surface area (Å²) in [6, 6.07) is 7.19. The fourth-order valence-corrected chi connectivity index (χ4v) is 2.13. The molecule has 0 bridgehead atoms. The van der Waals surface area contributed by atoms with Crippen molar-refractivity contribution in [2.45, 2.75) is 38.5 Å². The maximum atomic E-state index is 11.3. The van der Waals surface area contributed by atoms with Crippen molar-refractivity contribution in [3.8, 4) is 0 Å². The van der Waals surface area contributed by atoms with Crippen LogP contribution in [-0.2, 0) is 9.84 Å². The molecule has 0 aliphatic rings. The molecule has 0 fully saturated rings. The van der Waals surface area contributed by atoms with Gasteiger partial charge in [-0.3, -0.25) is 0 Å². The lowest BCUT2D eigenvalue weighted by atomic mass is 9.78. The van der Waals surface area contributed by atoms with Crippen molar-refractivity contribution in [1.82, 2.24) is 0 Å². The molecule has 0 radical (unpaired) electrons. The summed E-state index contributed by atoms with van der Waals surface area (Å²) in [6.45, 7) is 8.71. The quantitative estimate of drug-likeness (QED) is 0.795. The van der Waals surface area contributed by atoms with Crippen molar-refractivity contribution >= 4 is 9.84 Å². The molecule has 0 aliphatic carbocycles. The molecule has 0 unspecified atom stereocenters. The van der Waals surface area contributed by atoms with Crippen LogP contribution in [0.4, 0.5) is 0 Å². The smallest absolute Gasteiger partial charge is 0.175 e. The van der Waals surface area contributed by atoms with E-state index in [-0.39, 0.29) is 5.41 Å². The summed E-state index contributed by atoms with van der Waals surface area (Å²) >= 11 is 0. The minimum Gasteiger partial charge on any atom is -0.224 e. The van der Waals surface area contributed by atoms with Crippen molar-refractivity contribution in [3.63, 3.8) is 0 Å². The fraction of sp³-hybridized carbons (Fsp3) is 0.538. The van der Waals surface area contributed by atoms with Crippen LogP contribution in [0.1, 0.15) is 39.2 Å². The Balaban J connectivity index is 3.05. The van der Waals surface area contributed by atoms with Crippen LogP contribution in [0.2, 0.25) is 0 Å². The zero-order chi connectivity index (χ0) is 12.6. The van der Waals surface area contributed by atoms with Crippen LogP contribution in [0.25, 0.3) is 0 Å². The zero-order valence-corrected chi connectivity index (χ0v) is 11.4. The average molecular weight is 240 g/mol. The number of benzene rings is 1. The Bertz CT molecular complexity index is 450. The van der Waals surface area contributed by atoms with E-state index in [0.29, 0.717) is 10.8 Å². The van der Waals surface area contributed by atoms with Crippen LogP contribution in [0, 0.1) is 5.41 Å². The van der Waals surface area contributed by atoms with Gasteiger partial charge in [-0.1, -0.05) is 39.8 Å². The van der Waals surface area contributed by atoms with Crippen LogP contribution < -0.4 is 0 Å². The monoisotopic (exact) mass is 240 g/mol. The summed E-state index contributed by atoms with van der Waals surface area (Å²) < 4.78 is 22.6. The van der Waals surface area contributed by atoms with E-state index in [2.05, 4.69) is 27.7 Å². The lowest BCUT2D eigenvalue weighted by Crippen LogP contribution is -2.15. The highest BCUT2D eigenvalue weighted by molar-refractivity contribution is 7.90. The molecule has 16 heavy (non-hydrogen) atoms. The molecule has 2 nitrogen and oxygen atoms in total. The predicted octanol–water partition coefficient (Wildman–Crippen LogP) is 3.24. The minimum absolute atomic E-state index is 0.187. The van der Waals surface area contributed by atoms with E-state index in [4.69, 9.17) is 0 Å². The predicted molar refractivity (Wildman–Crippen MR) is 67.4 cm³/mol. The van der Waals surface area contributed by atoms with E-state index in [1.54, 1.807) is 12.1 Å². The first-order chi connectivity index (χ1) is 7.12. The maximum Gasteiger partial charge on any atom is 0.175 e. The van der Waals surface area contributed by atoms with Crippen molar-refractivity contribution in [2.24, 2.45) is 5.41 Å². The van der Waals surface area contributed by atoms with E-state index in [0.717, 1.165) is 0 Å². The molecule has 1 atom stereocenters. The van der Waals surface area contributed by atoms with Gasteiger partial charge in [-0.2, -0.15) is 0 Å². The molecule has 1 aromatic rings. The summed E-state index contributed by atoms with van der Waals surface area (Å²) in [5.74, 6) is 0.404. The van der Waals surface area contributed by atoms with Gasteiger partial charge < -0.3 is 0 Å². The first-order valence-electron chi connectivity index (χ1n) is 5.42. The number of rotatable bonds is 2. The van der Waals surface area contributed by atoms with Crippen LogP contribution >= 0.6 is 0 Å². The van der Waals surface area contributed by atoms with Gasteiger partial charge >= 0.3 is 0 Å². The molecule has 0 saturated heterocycles. The third kappa shape index (κ3) is 3.08. The normalized spacial score (nSPS) is 14.8. The molecule has 0 N–H and O–H groups in total. The Morgan fingerprint density at radius 2 is 1.50 bits per heavy atom. The maximum absolute atomic E-state index is 11.3. The number of hydrogen-bond acceptors (Lipinski definition) is 2. The van der Waals surface area contributed by atoms with Gasteiger partial charge in [0, 0.05) is 6.26 Å². The summed E-state index contributed by atoms with van der Waals surface area (Å²) in [6.07, 6.45) is 1.23. The van der Waals surface area contributed by atoms with E-state index in [1.165, 1.54) is 11.8 Å². The first-order valence-corrected chi connectivity index (χ1v) is 7.31. The Kier molecular flexibility index (Phi) is 3.48. The molecule has 1 rings (SSSR count). The van der Waals surface area contributed by atoms with Gasteiger partial charge in [0.1, 0.15) is 0 Å². The highest BCUT2D eigenvalue weighted by atomic mass is 32.2. The van der Waals surface area contributed by atoms with E-state index >= 15 is 0 Å². The summed E-state index contributed by atoms with van der Waals surface area (Å²) in [5.41, 5.74) is 1.37. The minimum atomic E-state index is -3.08. The van der Waals surface area contributed by atoms with Gasteiger partial charge in [-0.15, -0.1) is 0 Å². The molecule has 1 aromatic carbocycles. The number of sulfone groups is 1. The summed E-state index contributed by atoms with van der Waals surface area (Å²) in [7, 11) is -3.08. The van der Waals surface area contributed by atoms with Gasteiger partial charge in [-0.05, 0) is 29.0 Å². The number of hydrogen-bond donors (Lipinski definition) is 0. The topological polar surface area (TPSA) is 34.1 Å². The standard InChI is InChI=1S/C13H20O2S/c1-10(13(2,3)4)11-6-8-12(9-7-11)16(5,14)15/h6-10H,1-5H3/t10-/m1/s1. The molecule has 90 valence electrons. The molecule has 0 spiro atoms. The van der Waals surface area contributed by atoms with Gasteiger partial charge in [0.15, 0.2) is 9.84 Å². The molecule has 0 amide bonds. The Hall–Kier alpha value is -0.830. The van der Waals surface area contributed by atoms with Crippen LogP contribution in [0.3, 0.4) is 0 Å². The molecule has 0 aliphatic heterocycles. The van der Waals surface area contributed by atoms with Gasteiger partial charge in [0.2, 0.25) is 0 Å². The Morgan fingerprint density at radius 3 is 1.81 bits per heavy atom. The molecule has 0 saturated carbocycles. The second kappa shape index (κ2) is 4.21. The summed E-state index contributed by atoms with van der Waals surface area (Å²) in [5, 5.41) is 0. The Labute approximate surface area is 98.6 Å². The van der Waals surface area contributed by atoms with Gasteiger partial charge in [-0.25, -0.2) is 8.42 Å². The fourth-order valence-electron chi connectivity index (χ4n) is 1.50. The lowest BCUT2D eigenvalue weighted by Gasteiger charge is -2.27. The first kappa shape index (κ1) is 13.2. The Morgan fingerprint density at radius 1 is 1.06 bits per heavy atom. The highest BCUT2D eigenvalue weighted by Gasteiger charge is 2.21. The SMILES string of the molecule is C[C@H](c1ccc(S(C)(=O)=O)cc1)C(C)(C)C. The van der Waals surface area contributed by atoms with Crippen molar-refractivity contribution in [1.29, 1.82) is 0 Å². The molecular formula is C13H20O2S. The van der Waals surface area contributed by atoms with E-state index < -0.39 is 9.84 Å². The second-order valence-electron chi connectivity index (χ2n) is 5.43. The van der Waals surface area contributed by atoms with E-state index in [1.807, 2.05) is 12.1 Å². The van der Waals surface area contributed by atoms with Gasteiger partial charge in [0.05, 0.1) is 4.90 Å². The molecule has 0 aromatic heterocycles. The third-order valence-electron chi connectivity index (χ3n) is 3.11. The van der Waals surface area contributed by atoms with Gasteiger partial charge in [0.25, 0.3) is 0 Å². The second-order valence-corrected chi connectivity index (χ2v) is 7.44. The van der Waals surface area contributed by atoms with Crippen molar-refractivity contribution < 1.29 is 8.42 Å². The third-order valence-corrected chi connectivity index (χ3v) is 4.24. The zero-order valence-electron chi connectivity index (χ0n) is 10.6. The molecule has 0 heterocycles. The van der Waals surface area contributed by atoms with Crippen LogP contribution in [0.5, 0.6) is 0 Å². The highest BCUT2D eigenvalue weighted by Crippen LogP contribution is 2.34. The largest absolute Gasteiger partial charge is 0.224 e. The van der Waals surface area contributed by atoms with Crippen molar-refractivity contribution in [3.05, 3.63) is 29.8 Å². The van der Waals surface area contributed by atoms with Crippen LogP contribution in [-0.4, -0.2) is 14.7 Å². The summed E-state index contributed by atoms with van der Waals surface area (Å²) in [4.78, 5) is 0.386. The lowest BCUT2D eigenvalue weighted by molar-refractivity contribution is 0.339. The van der Waals surface area contributed by atoms with Crippen LogP contribution in [0.15, 0.2) is 29.2 Å².